The monoisotopic (exact) mass is 286 g/mol. The van der Waals surface area contributed by atoms with Crippen LogP contribution in [0.4, 0.5) is 14.5 Å². The second-order valence-electron chi connectivity index (χ2n) is 4.88. The molecule has 1 aromatic carbocycles. The topological polar surface area (TPSA) is 50.4 Å². The van der Waals surface area contributed by atoms with E-state index >= 15 is 0 Å². The molecule has 0 heterocycles. The second kappa shape index (κ2) is 7.67. The van der Waals surface area contributed by atoms with Crippen molar-refractivity contribution in [1.82, 2.24) is 5.32 Å². The van der Waals surface area contributed by atoms with Gasteiger partial charge >= 0.3 is 6.61 Å². The first-order valence-corrected chi connectivity index (χ1v) is 6.48. The van der Waals surface area contributed by atoms with Crippen LogP contribution in [-0.2, 0) is 4.79 Å². The molecule has 112 valence electrons. The van der Waals surface area contributed by atoms with E-state index < -0.39 is 12.7 Å². The Balaban J connectivity index is 2.65. The Morgan fingerprint density at radius 1 is 1.25 bits per heavy atom. The van der Waals surface area contributed by atoms with Gasteiger partial charge in [0.1, 0.15) is 11.8 Å². The van der Waals surface area contributed by atoms with Crippen molar-refractivity contribution >= 4 is 11.6 Å². The highest BCUT2D eigenvalue weighted by Gasteiger charge is 2.16. The first kappa shape index (κ1) is 16.2. The molecule has 6 heteroatoms. The number of carbonyl (C=O) groups excluding carboxylic acids is 1. The standard InChI is InChI=1S/C14H20F2N2O2/c1-9(2)8-17-13(19)10(3)18-11-6-4-5-7-12(11)20-14(15)16/h4-7,9-10,14,18H,8H2,1-3H3,(H,17,19). The van der Waals surface area contributed by atoms with Crippen molar-refractivity contribution in [3.63, 3.8) is 0 Å². The van der Waals surface area contributed by atoms with Gasteiger partial charge in [0.25, 0.3) is 0 Å². The van der Waals surface area contributed by atoms with Gasteiger partial charge in [-0.25, -0.2) is 0 Å². The third-order valence-electron chi connectivity index (χ3n) is 2.55. The summed E-state index contributed by atoms with van der Waals surface area (Å²) in [5.74, 6) is 0.178. The lowest BCUT2D eigenvalue weighted by Crippen LogP contribution is -2.39. The van der Waals surface area contributed by atoms with Crippen LogP contribution in [0.3, 0.4) is 0 Å². The predicted molar refractivity (Wildman–Crippen MR) is 74.0 cm³/mol. The van der Waals surface area contributed by atoms with E-state index in [1.807, 2.05) is 13.8 Å². The van der Waals surface area contributed by atoms with Gasteiger partial charge in [-0.2, -0.15) is 8.78 Å². The van der Waals surface area contributed by atoms with Crippen LogP contribution in [0, 0.1) is 5.92 Å². The van der Waals surface area contributed by atoms with E-state index in [2.05, 4.69) is 15.4 Å². The fourth-order valence-electron chi connectivity index (χ4n) is 1.54. The lowest BCUT2D eigenvalue weighted by molar-refractivity contribution is -0.121. The fourth-order valence-corrected chi connectivity index (χ4v) is 1.54. The van der Waals surface area contributed by atoms with Crippen LogP contribution in [-0.4, -0.2) is 25.1 Å². The van der Waals surface area contributed by atoms with Crippen molar-refractivity contribution in [2.75, 3.05) is 11.9 Å². The maximum absolute atomic E-state index is 12.3. The maximum atomic E-state index is 12.3. The smallest absolute Gasteiger partial charge is 0.387 e. The van der Waals surface area contributed by atoms with Gasteiger partial charge in [-0.05, 0) is 25.0 Å². The first-order chi connectivity index (χ1) is 9.40. The molecular weight excluding hydrogens is 266 g/mol. The lowest BCUT2D eigenvalue weighted by Gasteiger charge is -2.18. The van der Waals surface area contributed by atoms with E-state index in [1.54, 1.807) is 25.1 Å². The molecule has 0 aliphatic rings. The molecule has 0 saturated carbocycles. The van der Waals surface area contributed by atoms with Gasteiger partial charge in [0.2, 0.25) is 5.91 Å². The average molecular weight is 286 g/mol. The first-order valence-electron chi connectivity index (χ1n) is 6.48. The SMILES string of the molecule is CC(C)CNC(=O)C(C)Nc1ccccc1OC(F)F. The number of benzene rings is 1. The predicted octanol–water partition coefficient (Wildman–Crippen LogP) is 2.86. The molecule has 1 atom stereocenters. The van der Waals surface area contributed by atoms with Gasteiger partial charge in [-0.3, -0.25) is 4.79 Å². The van der Waals surface area contributed by atoms with E-state index in [4.69, 9.17) is 0 Å². The highest BCUT2D eigenvalue weighted by atomic mass is 19.3. The average Bonchev–Trinajstić information content (AvgIpc) is 2.37. The number of halogens is 2. The Morgan fingerprint density at radius 3 is 2.50 bits per heavy atom. The highest BCUT2D eigenvalue weighted by Crippen LogP contribution is 2.26. The quantitative estimate of drug-likeness (QED) is 0.810. The number of nitrogens with one attached hydrogen (secondary N) is 2. The largest absolute Gasteiger partial charge is 0.433 e. The van der Waals surface area contributed by atoms with Crippen LogP contribution in [0.2, 0.25) is 0 Å². The summed E-state index contributed by atoms with van der Waals surface area (Å²) < 4.78 is 29.0. The molecule has 0 aliphatic heterocycles. The number of ether oxygens (including phenoxy) is 1. The molecule has 20 heavy (non-hydrogen) atoms. The van der Waals surface area contributed by atoms with Gasteiger partial charge in [-0.15, -0.1) is 0 Å². The molecule has 0 radical (unpaired) electrons. The van der Waals surface area contributed by atoms with E-state index in [-0.39, 0.29) is 11.7 Å². The van der Waals surface area contributed by atoms with Crippen LogP contribution < -0.4 is 15.4 Å². The van der Waals surface area contributed by atoms with Crippen LogP contribution in [0.15, 0.2) is 24.3 Å². The molecule has 0 spiro atoms. The summed E-state index contributed by atoms with van der Waals surface area (Å²) >= 11 is 0. The van der Waals surface area contributed by atoms with E-state index in [0.717, 1.165) is 0 Å². The van der Waals surface area contributed by atoms with Gasteiger partial charge in [0, 0.05) is 6.54 Å². The molecule has 2 N–H and O–H groups in total. The number of anilines is 1. The van der Waals surface area contributed by atoms with Crippen LogP contribution in [0.1, 0.15) is 20.8 Å². The second-order valence-corrected chi connectivity index (χ2v) is 4.88. The molecule has 1 unspecified atom stereocenters. The number of carbonyl (C=O) groups is 1. The zero-order valence-corrected chi connectivity index (χ0v) is 11.8. The minimum Gasteiger partial charge on any atom is -0.433 e. The van der Waals surface area contributed by atoms with Crippen molar-refractivity contribution in [3.8, 4) is 5.75 Å². The van der Waals surface area contributed by atoms with Crippen molar-refractivity contribution in [2.24, 2.45) is 5.92 Å². The normalized spacial score (nSPS) is 12.3. The van der Waals surface area contributed by atoms with Crippen molar-refractivity contribution < 1.29 is 18.3 Å². The van der Waals surface area contributed by atoms with E-state index in [1.165, 1.54) is 6.07 Å². The zero-order valence-electron chi connectivity index (χ0n) is 11.8. The minimum atomic E-state index is -2.90. The summed E-state index contributed by atoms with van der Waals surface area (Å²) in [5.41, 5.74) is 0.361. The number of alkyl halides is 2. The fraction of sp³-hybridized carbons (Fsp3) is 0.500. The molecule has 1 aromatic rings. The third-order valence-corrected chi connectivity index (χ3v) is 2.55. The van der Waals surface area contributed by atoms with Crippen molar-refractivity contribution in [2.45, 2.75) is 33.4 Å². The number of amides is 1. The van der Waals surface area contributed by atoms with Crippen molar-refractivity contribution in [1.29, 1.82) is 0 Å². The molecule has 0 aromatic heterocycles. The third kappa shape index (κ3) is 5.42. The van der Waals surface area contributed by atoms with Crippen molar-refractivity contribution in [3.05, 3.63) is 24.3 Å². The highest BCUT2D eigenvalue weighted by molar-refractivity contribution is 5.84. The number of para-hydroxylation sites is 2. The van der Waals surface area contributed by atoms with Crippen LogP contribution >= 0.6 is 0 Å². The van der Waals surface area contributed by atoms with Gasteiger partial charge < -0.3 is 15.4 Å². The Morgan fingerprint density at radius 2 is 1.90 bits per heavy atom. The van der Waals surface area contributed by atoms with E-state index in [0.29, 0.717) is 18.2 Å². The summed E-state index contributed by atoms with van der Waals surface area (Å²) in [7, 11) is 0. The van der Waals surface area contributed by atoms with Gasteiger partial charge in [0.05, 0.1) is 5.69 Å². The van der Waals surface area contributed by atoms with Gasteiger partial charge in [0.15, 0.2) is 0 Å². The molecule has 4 nitrogen and oxygen atoms in total. The van der Waals surface area contributed by atoms with Crippen LogP contribution in [0.5, 0.6) is 5.75 Å². The molecule has 0 bridgehead atoms. The molecular formula is C14H20F2N2O2. The molecule has 0 fully saturated rings. The Kier molecular flexibility index (Phi) is 6.21. The molecule has 0 saturated heterocycles. The summed E-state index contributed by atoms with van der Waals surface area (Å²) in [5, 5.41) is 5.64. The Bertz CT molecular complexity index is 439. The molecule has 1 amide bonds. The summed E-state index contributed by atoms with van der Waals surface area (Å²) in [4.78, 5) is 11.8. The molecule has 1 rings (SSSR count). The lowest BCUT2D eigenvalue weighted by atomic mass is 10.2. The van der Waals surface area contributed by atoms with Crippen LogP contribution in [0.25, 0.3) is 0 Å². The summed E-state index contributed by atoms with van der Waals surface area (Å²) in [6.45, 7) is 3.31. The number of hydrogen-bond donors (Lipinski definition) is 2. The zero-order chi connectivity index (χ0) is 15.1. The Hall–Kier alpha value is -1.85. The minimum absolute atomic E-state index is 0.0195. The Labute approximate surface area is 117 Å². The number of rotatable bonds is 7. The molecule has 0 aliphatic carbocycles. The van der Waals surface area contributed by atoms with E-state index in [9.17, 15) is 13.6 Å². The maximum Gasteiger partial charge on any atom is 0.387 e. The number of hydrogen-bond acceptors (Lipinski definition) is 3. The van der Waals surface area contributed by atoms with Gasteiger partial charge in [-0.1, -0.05) is 26.0 Å². The summed E-state index contributed by atoms with van der Waals surface area (Å²) in [6, 6.07) is 5.74. The summed E-state index contributed by atoms with van der Waals surface area (Å²) in [6.07, 6.45) is 0.